The molecule has 8 nitrogen and oxygen atoms in total. The third kappa shape index (κ3) is 5.13. The summed E-state index contributed by atoms with van der Waals surface area (Å²) < 4.78 is 74.1. The minimum atomic E-state index is -4.90. The number of rotatable bonds is 9. The molecular formula is C30H29F4N3O5. The Morgan fingerprint density at radius 3 is 2.33 bits per heavy atom. The van der Waals surface area contributed by atoms with E-state index in [4.69, 9.17) is 25.7 Å². The molecule has 0 unspecified atom stereocenters. The number of fused-ring (bicyclic) bond motifs is 1. The van der Waals surface area contributed by atoms with Gasteiger partial charge < -0.3 is 30.8 Å². The lowest BCUT2D eigenvalue weighted by Gasteiger charge is -2.29. The Labute approximate surface area is 238 Å². The smallest absolute Gasteiger partial charge is 0.414 e. The number of amides is 1. The molecule has 5 N–H and O–H groups in total. The average Bonchev–Trinajstić information content (AvgIpc) is 3.85. The second kappa shape index (κ2) is 9.84. The third-order valence-electron chi connectivity index (χ3n) is 7.71. The first-order valence-electron chi connectivity index (χ1n) is 13.6. The Balaban J connectivity index is 1.50. The normalized spacial score (nSPS) is 21.3. The maximum atomic E-state index is 14.2. The van der Waals surface area contributed by atoms with Gasteiger partial charge >= 0.3 is 6.18 Å². The summed E-state index contributed by atoms with van der Waals surface area (Å²) in [4.78, 5) is 17.0. The van der Waals surface area contributed by atoms with Crippen molar-refractivity contribution in [3.05, 3.63) is 70.7 Å². The molecule has 1 aromatic heterocycles. The van der Waals surface area contributed by atoms with Gasteiger partial charge in [0.15, 0.2) is 22.8 Å². The predicted molar refractivity (Wildman–Crippen MR) is 143 cm³/mol. The van der Waals surface area contributed by atoms with Crippen molar-refractivity contribution in [2.45, 2.75) is 68.6 Å². The van der Waals surface area contributed by atoms with Crippen LogP contribution in [0.15, 0.2) is 42.5 Å². The Kier molecular flexibility index (Phi) is 6.61. The van der Waals surface area contributed by atoms with E-state index in [0.29, 0.717) is 5.75 Å². The molecule has 2 heterocycles. The van der Waals surface area contributed by atoms with Crippen molar-refractivity contribution in [2.75, 3.05) is 6.61 Å². The molecule has 0 spiro atoms. The number of primary amides is 1. The van der Waals surface area contributed by atoms with Crippen LogP contribution in [-0.2, 0) is 17.6 Å². The Bertz CT molecular complexity index is 1550. The van der Waals surface area contributed by atoms with E-state index in [2.05, 4.69) is 4.98 Å². The van der Waals surface area contributed by atoms with Crippen LogP contribution >= 0.6 is 0 Å². The maximum Gasteiger partial charge on any atom is 0.414 e. The number of nitrogens with two attached hydrogens (primary N) is 2. The summed E-state index contributed by atoms with van der Waals surface area (Å²) in [5, 5.41) is 11.9. The van der Waals surface area contributed by atoms with Crippen LogP contribution in [0.5, 0.6) is 17.2 Å². The molecule has 0 radical (unpaired) electrons. The largest absolute Gasteiger partial charge is 0.488 e. The van der Waals surface area contributed by atoms with E-state index in [1.54, 1.807) is 6.07 Å². The van der Waals surface area contributed by atoms with Gasteiger partial charge in [-0.05, 0) is 75.1 Å². The van der Waals surface area contributed by atoms with Crippen molar-refractivity contribution in [1.82, 2.24) is 4.98 Å². The van der Waals surface area contributed by atoms with Crippen LogP contribution in [0.4, 0.5) is 17.6 Å². The molecule has 42 heavy (non-hydrogen) atoms. The zero-order chi connectivity index (χ0) is 30.0. The van der Waals surface area contributed by atoms with E-state index >= 15 is 0 Å². The van der Waals surface area contributed by atoms with Gasteiger partial charge in [-0.3, -0.25) is 4.79 Å². The van der Waals surface area contributed by atoms with Gasteiger partial charge in [0.05, 0.1) is 17.9 Å². The molecule has 0 bridgehead atoms. The SMILES string of the molecule is C[C@](O)(Cc1c(C(N)=O)ccc(OC2CC2)c1OC1CC1)c1cc2c(c(-c3ccc(F)cc3)n1)OC[C@@]2(N)C(F)(F)F. The highest BCUT2D eigenvalue weighted by Crippen LogP contribution is 2.50. The molecule has 1 amide bonds. The summed E-state index contributed by atoms with van der Waals surface area (Å²) in [5.74, 6) is -0.900. The zero-order valence-electron chi connectivity index (χ0n) is 22.6. The quantitative estimate of drug-likeness (QED) is 0.311. The lowest BCUT2D eigenvalue weighted by molar-refractivity contribution is -0.191. The molecule has 2 aliphatic carbocycles. The van der Waals surface area contributed by atoms with Gasteiger partial charge in [0, 0.05) is 28.7 Å². The number of ether oxygens (including phenoxy) is 3. The molecule has 3 aliphatic rings. The fraction of sp³-hybridized carbons (Fsp3) is 0.400. The van der Waals surface area contributed by atoms with Crippen LogP contribution < -0.4 is 25.7 Å². The molecular weight excluding hydrogens is 558 g/mol. The van der Waals surface area contributed by atoms with Crippen LogP contribution in [0.3, 0.4) is 0 Å². The summed E-state index contributed by atoms with van der Waals surface area (Å²) in [6.45, 7) is 0.455. The van der Waals surface area contributed by atoms with Gasteiger partial charge in [-0.2, -0.15) is 13.2 Å². The van der Waals surface area contributed by atoms with Gasteiger partial charge in [0.25, 0.3) is 0 Å². The lowest BCUT2D eigenvalue weighted by Crippen LogP contribution is -2.51. The lowest BCUT2D eigenvalue weighted by atomic mass is 9.85. The molecule has 6 rings (SSSR count). The summed E-state index contributed by atoms with van der Waals surface area (Å²) in [5.41, 5.74) is 6.66. The summed E-state index contributed by atoms with van der Waals surface area (Å²) in [7, 11) is 0. The Morgan fingerprint density at radius 2 is 1.74 bits per heavy atom. The number of benzene rings is 2. The molecule has 0 saturated heterocycles. The van der Waals surface area contributed by atoms with Crippen molar-refractivity contribution < 1.29 is 41.7 Å². The standard InChI is InChI=1S/C30H29F4N3O5/c1-28(39,13-20-19(27(35)38)10-11-22(41-17-6-7-17)25(20)42-18-8-9-18)23-12-21-26(40-14-29(21,36)30(32,33)34)24(37-23)15-2-4-16(31)5-3-15/h2-5,10-12,17-18,39H,6-9,13-14,36H2,1H3,(H2,35,38)/t28-,29-/m0/s1. The highest BCUT2D eigenvalue weighted by Gasteiger charge is 2.59. The Morgan fingerprint density at radius 1 is 1.10 bits per heavy atom. The van der Waals surface area contributed by atoms with Gasteiger partial charge in [0.2, 0.25) is 5.91 Å². The van der Waals surface area contributed by atoms with E-state index in [-0.39, 0.29) is 58.2 Å². The average molecular weight is 588 g/mol. The number of aliphatic hydroxyl groups is 1. The zero-order valence-corrected chi connectivity index (χ0v) is 22.6. The summed E-state index contributed by atoms with van der Waals surface area (Å²) in [6, 6.07) is 9.10. The number of carbonyl (C=O) groups is 1. The predicted octanol–water partition coefficient (Wildman–Crippen LogP) is 4.63. The van der Waals surface area contributed by atoms with Crippen molar-refractivity contribution in [1.29, 1.82) is 0 Å². The maximum absolute atomic E-state index is 14.2. The first-order valence-corrected chi connectivity index (χ1v) is 13.6. The van der Waals surface area contributed by atoms with E-state index in [1.807, 2.05) is 0 Å². The monoisotopic (exact) mass is 587 g/mol. The van der Waals surface area contributed by atoms with Crippen LogP contribution in [0.25, 0.3) is 11.3 Å². The second-order valence-electron chi connectivity index (χ2n) is 11.4. The van der Waals surface area contributed by atoms with E-state index in [1.165, 1.54) is 25.1 Å². The molecule has 2 saturated carbocycles. The fourth-order valence-electron chi connectivity index (χ4n) is 4.98. The highest BCUT2D eigenvalue weighted by atomic mass is 19.4. The van der Waals surface area contributed by atoms with Crippen molar-refractivity contribution in [2.24, 2.45) is 11.5 Å². The number of halogens is 4. The van der Waals surface area contributed by atoms with Crippen LogP contribution in [0.2, 0.25) is 0 Å². The Hall–Kier alpha value is -3.90. The van der Waals surface area contributed by atoms with Gasteiger partial charge in [-0.25, -0.2) is 9.37 Å². The fourth-order valence-corrected chi connectivity index (χ4v) is 4.98. The van der Waals surface area contributed by atoms with E-state index in [9.17, 15) is 27.5 Å². The molecule has 222 valence electrons. The van der Waals surface area contributed by atoms with Crippen LogP contribution in [-0.4, -0.2) is 41.0 Å². The number of pyridine rings is 1. The summed E-state index contributed by atoms with van der Waals surface area (Å²) >= 11 is 0. The number of hydrogen-bond acceptors (Lipinski definition) is 7. The molecule has 3 aromatic rings. The first-order chi connectivity index (χ1) is 19.8. The third-order valence-corrected chi connectivity index (χ3v) is 7.71. The van der Waals surface area contributed by atoms with Crippen molar-refractivity contribution in [3.63, 3.8) is 0 Å². The first kappa shape index (κ1) is 28.2. The molecule has 2 atom stereocenters. The molecule has 2 fully saturated rings. The summed E-state index contributed by atoms with van der Waals surface area (Å²) in [6.07, 6.45) is -2.01. The number of carbonyl (C=O) groups excluding carboxylic acids is 1. The molecule has 1 aliphatic heterocycles. The van der Waals surface area contributed by atoms with Crippen LogP contribution in [0.1, 0.15) is 59.8 Å². The van der Waals surface area contributed by atoms with Gasteiger partial charge in [-0.1, -0.05) is 0 Å². The molecule has 12 heteroatoms. The minimum absolute atomic E-state index is 0.00367. The number of alkyl halides is 3. The second-order valence-corrected chi connectivity index (χ2v) is 11.4. The van der Waals surface area contributed by atoms with E-state index < -0.39 is 41.2 Å². The molecule has 2 aromatic carbocycles. The number of nitrogens with zero attached hydrogens (tertiary/aromatic N) is 1. The van der Waals surface area contributed by atoms with Crippen molar-refractivity contribution in [3.8, 4) is 28.5 Å². The topological polar surface area (TPSA) is 130 Å². The van der Waals surface area contributed by atoms with Crippen LogP contribution in [0, 0.1) is 5.82 Å². The van der Waals surface area contributed by atoms with Gasteiger partial charge in [-0.15, -0.1) is 0 Å². The number of hydrogen-bond donors (Lipinski definition) is 3. The van der Waals surface area contributed by atoms with E-state index in [0.717, 1.165) is 43.9 Å². The highest BCUT2D eigenvalue weighted by molar-refractivity contribution is 5.95. The van der Waals surface area contributed by atoms with Gasteiger partial charge in [0.1, 0.15) is 23.7 Å². The minimum Gasteiger partial charge on any atom is -0.488 e. The number of aromatic nitrogens is 1. The van der Waals surface area contributed by atoms with Crippen molar-refractivity contribution >= 4 is 5.91 Å².